The van der Waals surface area contributed by atoms with Gasteiger partial charge in [0.05, 0.1) is 19.2 Å². The Morgan fingerprint density at radius 3 is 2.57 bits per heavy atom. The third kappa shape index (κ3) is 5.76. The number of amides is 1. The molecule has 186 valence electrons. The molecule has 0 spiro atoms. The number of carbonyl (C=O) groups excluding carboxylic acids is 1. The van der Waals surface area contributed by atoms with Gasteiger partial charge in [-0.25, -0.2) is 15.0 Å². The Labute approximate surface area is 204 Å². The summed E-state index contributed by atoms with van der Waals surface area (Å²) in [5.41, 5.74) is 2.60. The van der Waals surface area contributed by atoms with Gasteiger partial charge in [0.25, 0.3) is 5.56 Å². The molecule has 0 atom stereocenters. The Morgan fingerprint density at radius 1 is 1.14 bits per heavy atom. The Balaban J connectivity index is 1.66. The van der Waals surface area contributed by atoms with Crippen molar-refractivity contribution < 1.29 is 14.3 Å². The van der Waals surface area contributed by atoms with E-state index < -0.39 is 0 Å². The van der Waals surface area contributed by atoms with E-state index in [2.05, 4.69) is 20.3 Å². The molecule has 4 heterocycles. The van der Waals surface area contributed by atoms with Gasteiger partial charge in [-0.1, -0.05) is 6.92 Å². The second kappa shape index (κ2) is 11.3. The Morgan fingerprint density at radius 2 is 1.91 bits per heavy atom. The third-order valence-electron chi connectivity index (χ3n) is 6.17. The summed E-state index contributed by atoms with van der Waals surface area (Å²) in [5, 5.41) is 3.31. The maximum absolute atomic E-state index is 13.5. The van der Waals surface area contributed by atoms with Crippen LogP contribution in [0.3, 0.4) is 0 Å². The number of methoxy groups -OCH3 is 1. The molecule has 1 fully saturated rings. The molecule has 1 aliphatic rings. The van der Waals surface area contributed by atoms with Crippen LogP contribution in [0.2, 0.25) is 0 Å². The zero-order valence-corrected chi connectivity index (χ0v) is 20.5. The molecule has 10 heteroatoms. The van der Waals surface area contributed by atoms with Crippen LogP contribution in [-0.4, -0.2) is 69.8 Å². The lowest BCUT2D eigenvalue weighted by atomic mass is 10.1. The third-order valence-corrected chi connectivity index (χ3v) is 6.17. The Kier molecular flexibility index (Phi) is 7.91. The number of aromatic nitrogens is 4. The van der Waals surface area contributed by atoms with Crippen molar-refractivity contribution in [3.8, 4) is 17.0 Å². The molecular weight excluding hydrogens is 448 g/mol. The second-order valence-electron chi connectivity index (χ2n) is 8.61. The van der Waals surface area contributed by atoms with E-state index in [1.807, 2.05) is 24.0 Å². The summed E-state index contributed by atoms with van der Waals surface area (Å²) >= 11 is 0. The van der Waals surface area contributed by atoms with Crippen LogP contribution in [-0.2, 0) is 16.1 Å². The second-order valence-corrected chi connectivity index (χ2v) is 8.61. The SMILES string of the molecule is CCCOCCn1c(=O)c(NC2CCN(C(C)=O)CC2)nc2ncc(-c3ccc(OC)nc3)cc21. The highest BCUT2D eigenvalue weighted by molar-refractivity contribution is 5.79. The van der Waals surface area contributed by atoms with Gasteiger partial charge in [0.1, 0.15) is 0 Å². The topological polar surface area (TPSA) is 111 Å². The van der Waals surface area contributed by atoms with E-state index in [0.717, 1.165) is 30.4 Å². The van der Waals surface area contributed by atoms with Crippen molar-refractivity contribution in [1.29, 1.82) is 0 Å². The molecule has 0 unspecified atom stereocenters. The van der Waals surface area contributed by atoms with Crippen molar-refractivity contribution in [2.24, 2.45) is 0 Å². The molecule has 1 N–H and O–H groups in total. The molecule has 0 radical (unpaired) electrons. The first kappa shape index (κ1) is 24.6. The summed E-state index contributed by atoms with van der Waals surface area (Å²) in [6.45, 7) is 6.40. The molecule has 1 saturated heterocycles. The minimum atomic E-state index is -0.210. The molecule has 0 aliphatic carbocycles. The lowest BCUT2D eigenvalue weighted by Crippen LogP contribution is -2.42. The smallest absolute Gasteiger partial charge is 0.293 e. The van der Waals surface area contributed by atoms with E-state index in [1.165, 1.54) is 0 Å². The lowest BCUT2D eigenvalue weighted by molar-refractivity contribution is -0.129. The van der Waals surface area contributed by atoms with Crippen LogP contribution in [0, 0.1) is 0 Å². The van der Waals surface area contributed by atoms with Gasteiger partial charge in [-0.05, 0) is 31.4 Å². The quantitative estimate of drug-likeness (QED) is 0.466. The fourth-order valence-corrected chi connectivity index (χ4v) is 4.20. The summed E-state index contributed by atoms with van der Waals surface area (Å²) < 4.78 is 12.5. The number of nitrogens with zero attached hydrogens (tertiary/aromatic N) is 5. The predicted octanol–water partition coefficient (Wildman–Crippen LogP) is 2.71. The summed E-state index contributed by atoms with van der Waals surface area (Å²) in [6.07, 6.45) is 5.87. The first-order chi connectivity index (χ1) is 17.0. The van der Waals surface area contributed by atoms with Crippen LogP contribution in [0.15, 0.2) is 35.4 Å². The lowest BCUT2D eigenvalue weighted by Gasteiger charge is -2.31. The van der Waals surface area contributed by atoms with Gasteiger partial charge in [0, 0.05) is 68.8 Å². The Hall–Kier alpha value is -3.53. The molecule has 10 nitrogen and oxygen atoms in total. The van der Waals surface area contributed by atoms with Gasteiger partial charge in [0.15, 0.2) is 11.5 Å². The molecule has 3 aromatic heterocycles. The van der Waals surface area contributed by atoms with E-state index in [4.69, 9.17) is 9.47 Å². The number of nitrogens with one attached hydrogen (secondary N) is 1. The molecule has 1 aliphatic heterocycles. The molecule has 35 heavy (non-hydrogen) atoms. The summed E-state index contributed by atoms with van der Waals surface area (Å²) in [7, 11) is 1.57. The molecule has 1 amide bonds. The van der Waals surface area contributed by atoms with Crippen molar-refractivity contribution in [3.05, 3.63) is 40.9 Å². The summed E-state index contributed by atoms with van der Waals surface area (Å²) in [4.78, 5) is 40.4. The number of piperidine rings is 1. The van der Waals surface area contributed by atoms with Gasteiger partial charge in [0.2, 0.25) is 11.8 Å². The van der Waals surface area contributed by atoms with Crippen LogP contribution in [0.25, 0.3) is 22.3 Å². The standard InChI is InChI=1S/C25H32N6O4/c1-4-12-35-13-11-31-21-14-19(18-5-6-22(34-3)26-15-18)16-27-23(21)29-24(25(31)33)28-20-7-9-30(10-8-20)17(2)32/h5-6,14-16,20H,4,7-13H2,1-3H3,(H,27,28,29). The monoisotopic (exact) mass is 480 g/mol. The molecule has 3 aromatic rings. The van der Waals surface area contributed by atoms with Gasteiger partial charge in [-0.15, -0.1) is 0 Å². The fraction of sp³-hybridized carbons (Fsp3) is 0.480. The van der Waals surface area contributed by atoms with E-state index in [-0.39, 0.29) is 23.3 Å². The highest BCUT2D eigenvalue weighted by atomic mass is 16.5. The number of hydrogen-bond acceptors (Lipinski definition) is 8. The predicted molar refractivity (Wildman–Crippen MR) is 134 cm³/mol. The van der Waals surface area contributed by atoms with Gasteiger partial charge in [-0.2, -0.15) is 0 Å². The maximum atomic E-state index is 13.5. The molecule has 0 aromatic carbocycles. The van der Waals surface area contributed by atoms with Crippen molar-refractivity contribution >= 4 is 22.9 Å². The number of fused-ring (bicyclic) bond motifs is 1. The van der Waals surface area contributed by atoms with Gasteiger partial charge < -0.3 is 19.7 Å². The van der Waals surface area contributed by atoms with Gasteiger partial charge in [-0.3, -0.25) is 14.2 Å². The number of carbonyl (C=O) groups is 1. The van der Waals surface area contributed by atoms with E-state index in [1.54, 1.807) is 37.1 Å². The number of likely N-dealkylation sites (tertiary alicyclic amines) is 1. The van der Waals surface area contributed by atoms with Gasteiger partial charge >= 0.3 is 0 Å². The fourth-order valence-electron chi connectivity index (χ4n) is 4.20. The van der Waals surface area contributed by atoms with Crippen LogP contribution in [0.5, 0.6) is 5.88 Å². The minimum absolute atomic E-state index is 0.0673. The van der Waals surface area contributed by atoms with E-state index in [0.29, 0.717) is 49.9 Å². The zero-order chi connectivity index (χ0) is 24.8. The Bertz CT molecular complexity index is 1220. The van der Waals surface area contributed by atoms with Crippen molar-refractivity contribution in [2.75, 3.05) is 38.7 Å². The van der Waals surface area contributed by atoms with E-state index >= 15 is 0 Å². The highest BCUT2D eigenvalue weighted by Gasteiger charge is 2.23. The van der Waals surface area contributed by atoms with Crippen LogP contribution in [0.1, 0.15) is 33.1 Å². The number of ether oxygens (including phenoxy) is 2. The maximum Gasteiger partial charge on any atom is 0.293 e. The zero-order valence-electron chi connectivity index (χ0n) is 20.5. The highest BCUT2D eigenvalue weighted by Crippen LogP contribution is 2.23. The molecule has 0 saturated carbocycles. The van der Waals surface area contributed by atoms with E-state index in [9.17, 15) is 9.59 Å². The number of rotatable bonds is 9. The molecule has 0 bridgehead atoms. The number of anilines is 1. The van der Waals surface area contributed by atoms with Crippen LogP contribution >= 0.6 is 0 Å². The summed E-state index contributed by atoms with van der Waals surface area (Å²) in [6, 6.07) is 5.67. The minimum Gasteiger partial charge on any atom is -0.481 e. The average Bonchev–Trinajstić information content (AvgIpc) is 2.88. The largest absolute Gasteiger partial charge is 0.481 e. The number of pyridine rings is 2. The first-order valence-electron chi connectivity index (χ1n) is 12.0. The summed E-state index contributed by atoms with van der Waals surface area (Å²) in [5.74, 6) is 0.883. The van der Waals surface area contributed by atoms with Crippen LogP contribution < -0.4 is 15.6 Å². The first-order valence-corrected chi connectivity index (χ1v) is 12.0. The van der Waals surface area contributed by atoms with Crippen molar-refractivity contribution in [1.82, 2.24) is 24.4 Å². The average molecular weight is 481 g/mol. The van der Waals surface area contributed by atoms with Crippen molar-refractivity contribution in [2.45, 2.75) is 45.7 Å². The number of hydrogen-bond donors (Lipinski definition) is 1. The molecular formula is C25H32N6O4. The normalized spacial score (nSPS) is 14.3. The van der Waals surface area contributed by atoms with Crippen LogP contribution in [0.4, 0.5) is 5.82 Å². The molecule has 4 rings (SSSR count). The van der Waals surface area contributed by atoms with Crippen molar-refractivity contribution in [3.63, 3.8) is 0 Å².